The normalized spacial score (nSPS) is 13.1. The maximum atomic E-state index is 2.33. The van der Waals surface area contributed by atoms with Crippen molar-refractivity contribution in [2.45, 2.75) is 6.92 Å². The molecule has 0 N–H and O–H groups in total. The highest BCUT2D eigenvalue weighted by molar-refractivity contribution is 6.99. The van der Waals surface area contributed by atoms with E-state index in [0.717, 1.165) is 0 Å². The first kappa shape index (κ1) is 11.7. The number of fused-ring (bicyclic) bond motifs is 3. The Morgan fingerprint density at radius 3 is 1.65 bits per heavy atom. The van der Waals surface area contributed by atoms with Crippen molar-refractivity contribution in [3.63, 3.8) is 0 Å². The summed E-state index contributed by atoms with van der Waals surface area (Å²) in [5.41, 5.74) is 4.23. The van der Waals surface area contributed by atoms with Crippen LogP contribution < -0.4 is 15.6 Å². The Bertz CT molecular complexity index is 726. The monoisotopic (exact) mass is 272 g/mol. The number of hydrogen-bond donors (Lipinski definition) is 0. The molecule has 0 fully saturated rings. The summed E-state index contributed by atoms with van der Waals surface area (Å²) in [6, 6.07) is 27.0. The Morgan fingerprint density at radius 2 is 1.10 bits per heavy atom. The molecular weight excluding hydrogens is 256 g/mol. The molecule has 20 heavy (non-hydrogen) atoms. The molecule has 0 radical (unpaired) electrons. The lowest BCUT2D eigenvalue weighted by molar-refractivity contribution is 1.49. The van der Waals surface area contributed by atoms with E-state index in [1.54, 1.807) is 10.4 Å². The van der Waals surface area contributed by atoms with Crippen LogP contribution in [0.15, 0.2) is 72.8 Å². The standard InChI is InChI=1S/C19H16Si/c1-14-10-12-15(13-11-14)20-18-8-4-2-6-16(18)17-7-3-5-9-19(17)20/h2-13,20H,1H3. The van der Waals surface area contributed by atoms with Crippen molar-refractivity contribution in [2.75, 3.05) is 0 Å². The third-order valence-corrected chi connectivity index (χ3v) is 7.55. The maximum absolute atomic E-state index is 2.33. The van der Waals surface area contributed by atoms with Gasteiger partial charge < -0.3 is 0 Å². The second-order valence-corrected chi connectivity index (χ2v) is 8.29. The highest BCUT2D eigenvalue weighted by Gasteiger charge is 2.30. The van der Waals surface area contributed by atoms with Crippen LogP contribution in [0.25, 0.3) is 11.1 Å². The van der Waals surface area contributed by atoms with Gasteiger partial charge in [0.2, 0.25) is 0 Å². The molecule has 3 aromatic carbocycles. The Morgan fingerprint density at radius 1 is 0.600 bits per heavy atom. The van der Waals surface area contributed by atoms with Gasteiger partial charge in [-0.3, -0.25) is 0 Å². The molecule has 96 valence electrons. The van der Waals surface area contributed by atoms with Crippen LogP contribution in [0.4, 0.5) is 0 Å². The smallest absolute Gasteiger partial charge is 0.0623 e. The number of aryl methyl sites for hydroxylation is 1. The summed E-state index contributed by atoms with van der Waals surface area (Å²) in [5.74, 6) is 0. The van der Waals surface area contributed by atoms with E-state index >= 15 is 0 Å². The molecule has 0 amide bonds. The summed E-state index contributed by atoms with van der Waals surface area (Å²) in [6.45, 7) is 2.15. The average Bonchev–Trinajstić information content (AvgIpc) is 2.83. The first-order chi connectivity index (χ1) is 9.84. The van der Waals surface area contributed by atoms with Gasteiger partial charge in [-0.05, 0) is 28.4 Å². The molecule has 0 atom stereocenters. The average molecular weight is 272 g/mol. The Hall–Kier alpha value is -2.12. The van der Waals surface area contributed by atoms with Crippen molar-refractivity contribution >= 4 is 24.4 Å². The number of hydrogen-bond acceptors (Lipinski definition) is 0. The van der Waals surface area contributed by atoms with Gasteiger partial charge in [-0.15, -0.1) is 0 Å². The predicted molar refractivity (Wildman–Crippen MR) is 89.1 cm³/mol. The number of benzene rings is 3. The van der Waals surface area contributed by atoms with Crippen LogP contribution >= 0.6 is 0 Å². The molecule has 1 heteroatoms. The zero-order valence-corrected chi connectivity index (χ0v) is 12.7. The van der Waals surface area contributed by atoms with Crippen molar-refractivity contribution in [2.24, 2.45) is 0 Å². The van der Waals surface area contributed by atoms with Gasteiger partial charge in [0, 0.05) is 0 Å². The van der Waals surface area contributed by atoms with Gasteiger partial charge in [0.1, 0.15) is 8.80 Å². The fraction of sp³-hybridized carbons (Fsp3) is 0.0526. The summed E-state index contributed by atoms with van der Waals surface area (Å²) in [5, 5.41) is 4.66. The van der Waals surface area contributed by atoms with Crippen LogP contribution in [-0.2, 0) is 0 Å². The minimum Gasteiger partial charge on any atom is -0.0623 e. The fourth-order valence-electron chi connectivity index (χ4n) is 3.27. The molecule has 1 heterocycles. The number of rotatable bonds is 1. The topological polar surface area (TPSA) is 0 Å². The highest BCUT2D eigenvalue weighted by atomic mass is 28.3. The van der Waals surface area contributed by atoms with Crippen LogP contribution in [0.1, 0.15) is 5.56 Å². The third kappa shape index (κ3) is 1.67. The van der Waals surface area contributed by atoms with Crippen LogP contribution in [-0.4, -0.2) is 8.80 Å². The molecule has 0 aliphatic carbocycles. The lowest BCUT2D eigenvalue weighted by Gasteiger charge is -2.12. The van der Waals surface area contributed by atoms with Crippen LogP contribution in [0.2, 0.25) is 0 Å². The van der Waals surface area contributed by atoms with Gasteiger partial charge in [-0.25, -0.2) is 0 Å². The lowest BCUT2D eigenvalue weighted by atomic mass is 10.1. The molecule has 0 unspecified atom stereocenters. The summed E-state index contributed by atoms with van der Waals surface area (Å²) >= 11 is 0. The van der Waals surface area contributed by atoms with E-state index in [4.69, 9.17) is 0 Å². The molecule has 0 nitrogen and oxygen atoms in total. The van der Waals surface area contributed by atoms with Crippen LogP contribution in [0, 0.1) is 6.92 Å². The second kappa shape index (κ2) is 4.46. The Labute approximate surface area is 121 Å². The van der Waals surface area contributed by atoms with Gasteiger partial charge in [-0.2, -0.15) is 0 Å². The Kier molecular flexibility index (Phi) is 2.61. The van der Waals surface area contributed by atoms with Gasteiger partial charge in [0.05, 0.1) is 0 Å². The molecule has 0 aromatic heterocycles. The van der Waals surface area contributed by atoms with Crippen molar-refractivity contribution < 1.29 is 0 Å². The lowest BCUT2D eigenvalue weighted by Crippen LogP contribution is -2.48. The highest BCUT2D eigenvalue weighted by Crippen LogP contribution is 2.22. The molecule has 1 aliphatic rings. The van der Waals surface area contributed by atoms with Crippen LogP contribution in [0.5, 0.6) is 0 Å². The van der Waals surface area contributed by atoms with Gasteiger partial charge in [0.15, 0.2) is 0 Å². The molecule has 3 aromatic rings. The van der Waals surface area contributed by atoms with E-state index in [1.807, 2.05) is 0 Å². The van der Waals surface area contributed by atoms with E-state index < -0.39 is 8.80 Å². The summed E-state index contributed by atoms with van der Waals surface area (Å²) < 4.78 is 0. The van der Waals surface area contributed by atoms with Crippen molar-refractivity contribution in [3.05, 3.63) is 78.4 Å². The molecular formula is C19H16Si. The van der Waals surface area contributed by atoms with E-state index in [0.29, 0.717) is 0 Å². The molecule has 4 rings (SSSR count). The zero-order valence-electron chi connectivity index (χ0n) is 11.5. The van der Waals surface area contributed by atoms with E-state index in [9.17, 15) is 0 Å². The fourth-order valence-corrected chi connectivity index (χ4v) is 6.64. The quantitative estimate of drug-likeness (QED) is 0.466. The second-order valence-electron chi connectivity index (χ2n) is 5.52. The van der Waals surface area contributed by atoms with Gasteiger partial charge in [0.25, 0.3) is 0 Å². The van der Waals surface area contributed by atoms with Gasteiger partial charge in [-0.1, -0.05) is 83.5 Å². The predicted octanol–water partition coefficient (Wildman–Crippen LogP) is 2.22. The largest absolute Gasteiger partial charge is 0.134 e. The van der Waals surface area contributed by atoms with Crippen molar-refractivity contribution in [1.82, 2.24) is 0 Å². The molecule has 0 bridgehead atoms. The summed E-state index contributed by atoms with van der Waals surface area (Å²) in [6.07, 6.45) is 0. The van der Waals surface area contributed by atoms with Gasteiger partial charge >= 0.3 is 0 Å². The van der Waals surface area contributed by atoms with E-state index in [-0.39, 0.29) is 0 Å². The molecule has 1 aliphatic heterocycles. The SMILES string of the molecule is Cc1ccc([SiH]2c3ccccc3-c3ccccc32)cc1. The molecule has 0 saturated heterocycles. The van der Waals surface area contributed by atoms with Crippen molar-refractivity contribution in [3.8, 4) is 11.1 Å². The summed E-state index contributed by atoms with van der Waals surface area (Å²) in [7, 11) is -1.26. The molecule has 0 spiro atoms. The Balaban J connectivity index is 1.97. The maximum Gasteiger partial charge on any atom is 0.134 e. The van der Waals surface area contributed by atoms with E-state index in [1.165, 1.54) is 21.9 Å². The van der Waals surface area contributed by atoms with E-state index in [2.05, 4.69) is 79.7 Å². The van der Waals surface area contributed by atoms with Crippen molar-refractivity contribution in [1.29, 1.82) is 0 Å². The first-order valence-corrected chi connectivity index (χ1v) is 8.82. The summed E-state index contributed by atoms with van der Waals surface area (Å²) in [4.78, 5) is 0. The minimum atomic E-state index is -1.26. The minimum absolute atomic E-state index is 1.26. The first-order valence-electron chi connectivity index (χ1n) is 7.09. The van der Waals surface area contributed by atoms with Crippen LogP contribution in [0.3, 0.4) is 0 Å². The molecule has 0 saturated carbocycles. The zero-order chi connectivity index (χ0) is 13.5. The third-order valence-electron chi connectivity index (χ3n) is 4.24.